The minimum Gasteiger partial charge on any atom is -0.493 e. The second kappa shape index (κ2) is 12.2. The Morgan fingerprint density at radius 2 is 1.90 bits per heavy atom. The first-order chi connectivity index (χ1) is 14.4. The summed E-state index contributed by atoms with van der Waals surface area (Å²) < 4.78 is 17.7. The number of hydrazone groups is 1. The van der Waals surface area contributed by atoms with Crippen LogP contribution in [0.3, 0.4) is 0 Å². The molecule has 0 saturated carbocycles. The number of carbonyl (C=O) groups excluding carboxylic acids is 1. The zero-order valence-electron chi connectivity index (χ0n) is 17.9. The predicted octanol–water partition coefficient (Wildman–Crippen LogP) is 5.29. The first-order valence-electron chi connectivity index (χ1n) is 9.99. The maximum absolute atomic E-state index is 12.1. The van der Waals surface area contributed by atoms with E-state index < -0.39 is 0 Å². The van der Waals surface area contributed by atoms with E-state index in [4.69, 9.17) is 14.2 Å². The van der Waals surface area contributed by atoms with Gasteiger partial charge in [0, 0.05) is 4.47 Å². The summed E-state index contributed by atoms with van der Waals surface area (Å²) in [6.45, 7) is 6.79. The molecular formula is C23H29BrN2O4. The highest BCUT2D eigenvalue weighted by Crippen LogP contribution is 2.29. The first kappa shape index (κ1) is 23.7. The van der Waals surface area contributed by atoms with Gasteiger partial charge < -0.3 is 14.2 Å². The molecule has 0 fully saturated rings. The molecule has 0 aliphatic carbocycles. The monoisotopic (exact) mass is 476 g/mol. The van der Waals surface area contributed by atoms with E-state index in [0.29, 0.717) is 23.9 Å². The number of carbonyl (C=O) groups is 1. The summed E-state index contributed by atoms with van der Waals surface area (Å²) in [6, 6.07) is 11.2. The molecule has 2 aromatic carbocycles. The third-order valence-corrected chi connectivity index (χ3v) is 4.79. The van der Waals surface area contributed by atoms with E-state index in [2.05, 4.69) is 47.2 Å². The summed E-state index contributed by atoms with van der Waals surface area (Å²) in [5.74, 6) is 1.95. The molecular weight excluding hydrogens is 448 g/mol. The summed E-state index contributed by atoms with van der Waals surface area (Å²) in [5.41, 5.74) is 4.30. The quantitative estimate of drug-likeness (QED) is 0.271. The highest BCUT2D eigenvalue weighted by Gasteiger charge is 2.10. The van der Waals surface area contributed by atoms with Gasteiger partial charge in [-0.25, -0.2) is 5.43 Å². The highest BCUT2D eigenvalue weighted by atomic mass is 79.9. The maximum Gasteiger partial charge on any atom is 0.277 e. The average molecular weight is 477 g/mol. The van der Waals surface area contributed by atoms with E-state index in [1.807, 2.05) is 36.4 Å². The zero-order valence-corrected chi connectivity index (χ0v) is 19.5. The molecule has 6 nitrogen and oxygen atoms in total. The van der Waals surface area contributed by atoms with Crippen LogP contribution >= 0.6 is 15.9 Å². The lowest BCUT2D eigenvalue weighted by Gasteiger charge is -2.14. The van der Waals surface area contributed by atoms with Gasteiger partial charge in [0.25, 0.3) is 5.91 Å². The van der Waals surface area contributed by atoms with E-state index in [0.717, 1.165) is 28.4 Å². The molecule has 0 unspecified atom stereocenters. The van der Waals surface area contributed by atoms with Crippen molar-refractivity contribution < 1.29 is 19.0 Å². The molecule has 0 heterocycles. The number of ether oxygens (including phenoxy) is 3. The smallest absolute Gasteiger partial charge is 0.277 e. The number of hydrogen-bond acceptors (Lipinski definition) is 5. The topological polar surface area (TPSA) is 69.2 Å². The molecule has 0 saturated heterocycles. The van der Waals surface area contributed by atoms with Gasteiger partial charge in [0.15, 0.2) is 18.1 Å². The Morgan fingerprint density at radius 1 is 1.13 bits per heavy atom. The van der Waals surface area contributed by atoms with Gasteiger partial charge in [0.1, 0.15) is 5.75 Å². The summed E-state index contributed by atoms with van der Waals surface area (Å²) in [5, 5.41) is 4.00. The Balaban J connectivity index is 1.90. The molecule has 162 valence electrons. The van der Waals surface area contributed by atoms with E-state index in [1.165, 1.54) is 0 Å². The van der Waals surface area contributed by atoms with E-state index in [9.17, 15) is 4.79 Å². The minimum atomic E-state index is -0.338. The number of nitrogens with zero attached hydrogens (tertiary/aromatic N) is 1. The molecule has 0 aromatic heterocycles. The normalized spacial score (nSPS) is 11.0. The molecule has 7 heteroatoms. The van der Waals surface area contributed by atoms with Crippen molar-refractivity contribution in [1.29, 1.82) is 0 Å². The average Bonchev–Trinajstić information content (AvgIpc) is 2.73. The minimum absolute atomic E-state index is 0.119. The summed E-state index contributed by atoms with van der Waals surface area (Å²) in [7, 11) is 1.59. The van der Waals surface area contributed by atoms with E-state index in [1.54, 1.807) is 13.3 Å². The van der Waals surface area contributed by atoms with Crippen LogP contribution in [0.5, 0.6) is 17.2 Å². The lowest BCUT2D eigenvalue weighted by Crippen LogP contribution is -2.24. The Kier molecular flexibility index (Phi) is 9.67. The van der Waals surface area contributed by atoms with Gasteiger partial charge >= 0.3 is 0 Å². The summed E-state index contributed by atoms with van der Waals surface area (Å²) >= 11 is 3.46. The van der Waals surface area contributed by atoms with Crippen molar-refractivity contribution in [3.05, 3.63) is 52.0 Å². The molecule has 0 aliphatic heterocycles. The lowest BCUT2D eigenvalue weighted by molar-refractivity contribution is -0.123. The fourth-order valence-electron chi connectivity index (χ4n) is 2.67. The van der Waals surface area contributed by atoms with Crippen LogP contribution in [0.2, 0.25) is 0 Å². The number of rotatable bonds is 11. The van der Waals surface area contributed by atoms with Crippen LogP contribution in [0, 0.1) is 0 Å². The van der Waals surface area contributed by atoms with Gasteiger partial charge in [-0.15, -0.1) is 0 Å². The number of methoxy groups -OCH3 is 1. The standard InChI is InChI=1S/C23H29BrN2O4/c1-5-6-11-29-21-9-7-17(12-22(21)28-4)14-25-26-23(27)15-30-20-10-8-18(24)13-19(20)16(2)3/h7-10,12-14,16H,5-6,11,15H2,1-4H3,(H,26,27)/b25-14+. The van der Waals surface area contributed by atoms with Crippen molar-refractivity contribution in [2.24, 2.45) is 5.10 Å². The second-order valence-corrected chi connectivity index (χ2v) is 7.95. The molecule has 30 heavy (non-hydrogen) atoms. The number of nitrogens with one attached hydrogen (secondary N) is 1. The molecule has 1 N–H and O–H groups in total. The third-order valence-electron chi connectivity index (χ3n) is 4.30. The molecule has 0 radical (unpaired) electrons. The van der Waals surface area contributed by atoms with Gasteiger partial charge in [-0.05, 0) is 59.9 Å². The van der Waals surface area contributed by atoms with Gasteiger partial charge in [-0.1, -0.05) is 43.1 Å². The maximum atomic E-state index is 12.1. The SMILES string of the molecule is CCCCOc1ccc(/C=N/NC(=O)COc2ccc(Br)cc2C(C)C)cc1OC. The molecule has 0 aliphatic rings. The molecule has 0 bridgehead atoms. The summed E-state index contributed by atoms with van der Waals surface area (Å²) in [6.07, 6.45) is 3.60. The number of unbranched alkanes of at least 4 members (excludes halogenated alkanes) is 1. The lowest BCUT2D eigenvalue weighted by atomic mass is 10.0. The van der Waals surface area contributed by atoms with Crippen molar-refractivity contribution >= 4 is 28.1 Å². The Labute approximate surface area is 186 Å². The fourth-order valence-corrected chi connectivity index (χ4v) is 3.05. The zero-order chi connectivity index (χ0) is 21.9. The van der Waals surface area contributed by atoms with Crippen LogP contribution in [0.15, 0.2) is 46.0 Å². The van der Waals surface area contributed by atoms with Crippen LogP contribution in [-0.2, 0) is 4.79 Å². The number of amides is 1. The van der Waals surface area contributed by atoms with E-state index >= 15 is 0 Å². The third kappa shape index (κ3) is 7.37. The molecule has 2 rings (SSSR count). The molecule has 2 aromatic rings. The van der Waals surface area contributed by atoms with Crippen molar-refractivity contribution in [2.45, 2.75) is 39.5 Å². The number of benzene rings is 2. The predicted molar refractivity (Wildman–Crippen MR) is 123 cm³/mol. The Hall–Kier alpha value is -2.54. The van der Waals surface area contributed by atoms with E-state index in [-0.39, 0.29) is 18.4 Å². The van der Waals surface area contributed by atoms with Crippen LogP contribution in [0.25, 0.3) is 0 Å². The van der Waals surface area contributed by atoms with Crippen molar-refractivity contribution in [1.82, 2.24) is 5.43 Å². The molecule has 1 amide bonds. The van der Waals surface area contributed by atoms with Gasteiger partial charge in [-0.3, -0.25) is 4.79 Å². The molecule has 0 atom stereocenters. The van der Waals surface area contributed by atoms with Crippen molar-refractivity contribution in [2.75, 3.05) is 20.3 Å². The molecule has 0 spiro atoms. The van der Waals surface area contributed by atoms with Crippen LogP contribution in [0.1, 0.15) is 50.7 Å². The Morgan fingerprint density at radius 3 is 2.60 bits per heavy atom. The van der Waals surface area contributed by atoms with Crippen LogP contribution in [0.4, 0.5) is 0 Å². The summed E-state index contributed by atoms with van der Waals surface area (Å²) in [4.78, 5) is 12.1. The largest absolute Gasteiger partial charge is 0.493 e. The van der Waals surface area contributed by atoms with Gasteiger partial charge in [0.2, 0.25) is 0 Å². The number of halogens is 1. The second-order valence-electron chi connectivity index (χ2n) is 7.03. The highest BCUT2D eigenvalue weighted by molar-refractivity contribution is 9.10. The van der Waals surface area contributed by atoms with Crippen molar-refractivity contribution in [3.63, 3.8) is 0 Å². The van der Waals surface area contributed by atoms with Gasteiger partial charge in [-0.2, -0.15) is 5.10 Å². The van der Waals surface area contributed by atoms with Crippen molar-refractivity contribution in [3.8, 4) is 17.2 Å². The van der Waals surface area contributed by atoms with Crippen LogP contribution in [-0.4, -0.2) is 32.4 Å². The Bertz CT molecular complexity index is 868. The first-order valence-corrected chi connectivity index (χ1v) is 10.8. The fraction of sp³-hybridized carbons (Fsp3) is 0.391. The van der Waals surface area contributed by atoms with Crippen LogP contribution < -0.4 is 19.6 Å². The van der Waals surface area contributed by atoms with Gasteiger partial charge in [0.05, 0.1) is 19.9 Å². The number of hydrogen-bond donors (Lipinski definition) is 1.